The Morgan fingerprint density at radius 1 is 1.53 bits per heavy atom. The normalized spacial score (nSPS) is 12.4. The molecule has 0 spiro atoms. The van der Waals surface area contributed by atoms with E-state index in [9.17, 15) is 19.4 Å². The highest BCUT2D eigenvalue weighted by molar-refractivity contribution is 6.31. The third kappa shape index (κ3) is 2.98. The number of hydrogen-bond acceptors (Lipinski definition) is 4. The monoisotopic (exact) mass is 263 g/mol. The first-order chi connectivity index (χ1) is 7.84. The standard InChI is InChI=1S/C10H11ClFNO4/c11-4-3-6(14)10(17)8(9(4)12)5(13)1-2-7(15)16/h3,5,14,17H,1-2,13H2,(H,15,16). The van der Waals surface area contributed by atoms with Crippen LogP contribution < -0.4 is 5.73 Å². The molecule has 1 rings (SSSR count). The van der Waals surface area contributed by atoms with Crippen LogP contribution in [0.5, 0.6) is 11.5 Å². The first-order valence-electron chi connectivity index (χ1n) is 4.71. The summed E-state index contributed by atoms with van der Waals surface area (Å²) in [5, 5.41) is 26.8. The Kier molecular flexibility index (Phi) is 4.14. The molecule has 0 aliphatic carbocycles. The maximum absolute atomic E-state index is 13.6. The molecule has 0 aromatic heterocycles. The molecule has 0 bridgehead atoms. The van der Waals surface area contributed by atoms with Gasteiger partial charge in [-0.05, 0) is 6.42 Å². The molecule has 0 aliphatic rings. The lowest BCUT2D eigenvalue weighted by Gasteiger charge is -2.15. The van der Waals surface area contributed by atoms with Gasteiger partial charge in [-0.15, -0.1) is 0 Å². The summed E-state index contributed by atoms with van der Waals surface area (Å²) >= 11 is 5.48. The van der Waals surface area contributed by atoms with Gasteiger partial charge >= 0.3 is 5.97 Å². The molecule has 1 unspecified atom stereocenters. The zero-order valence-corrected chi connectivity index (χ0v) is 9.41. The van der Waals surface area contributed by atoms with E-state index in [2.05, 4.69) is 0 Å². The summed E-state index contributed by atoms with van der Waals surface area (Å²) < 4.78 is 13.6. The lowest BCUT2D eigenvalue weighted by Crippen LogP contribution is -2.14. The number of hydrogen-bond donors (Lipinski definition) is 4. The molecule has 5 N–H and O–H groups in total. The van der Waals surface area contributed by atoms with Gasteiger partial charge in [-0.25, -0.2) is 4.39 Å². The number of carboxylic acids is 1. The number of aromatic hydroxyl groups is 2. The Morgan fingerprint density at radius 3 is 2.65 bits per heavy atom. The van der Waals surface area contributed by atoms with Gasteiger partial charge in [0.1, 0.15) is 0 Å². The second-order valence-corrected chi connectivity index (χ2v) is 3.90. The van der Waals surface area contributed by atoms with Gasteiger partial charge in [0, 0.05) is 18.5 Å². The summed E-state index contributed by atoms with van der Waals surface area (Å²) in [4.78, 5) is 10.4. The fourth-order valence-electron chi connectivity index (χ4n) is 1.38. The van der Waals surface area contributed by atoms with E-state index in [0.717, 1.165) is 6.07 Å². The van der Waals surface area contributed by atoms with Crippen molar-refractivity contribution in [3.63, 3.8) is 0 Å². The number of aliphatic carboxylic acids is 1. The van der Waals surface area contributed by atoms with Crippen molar-refractivity contribution in [3.05, 3.63) is 22.5 Å². The molecule has 0 fully saturated rings. The molecule has 0 saturated heterocycles. The predicted molar refractivity (Wildman–Crippen MR) is 58.5 cm³/mol. The van der Waals surface area contributed by atoms with E-state index in [4.69, 9.17) is 22.4 Å². The molecule has 0 aliphatic heterocycles. The van der Waals surface area contributed by atoms with Crippen molar-refractivity contribution in [2.75, 3.05) is 0 Å². The molecule has 1 atom stereocenters. The Labute approximate surface area is 101 Å². The summed E-state index contributed by atoms with van der Waals surface area (Å²) in [6, 6.07) is -0.213. The molecule has 7 heteroatoms. The number of nitrogens with two attached hydrogens (primary N) is 1. The molecular formula is C10H11ClFNO4. The topological polar surface area (TPSA) is 104 Å². The highest BCUT2D eigenvalue weighted by Crippen LogP contribution is 2.39. The average Bonchev–Trinajstić information content (AvgIpc) is 2.24. The van der Waals surface area contributed by atoms with Crippen molar-refractivity contribution >= 4 is 17.6 Å². The van der Waals surface area contributed by atoms with Crippen LogP contribution in [0.15, 0.2) is 6.07 Å². The summed E-state index contributed by atoms with van der Waals surface area (Å²) in [6.07, 6.45) is -0.368. The molecule has 94 valence electrons. The lowest BCUT2D eigenvalue weighted by atomic mass is 10.0. The summed E-state index contributed by atoms with van der Waals surface area (Å²) in [7, 11) is 0. The van der Waals surface area contributed by atoms with Gasteiger partial charge in [-0.2, -0.15) is 0 Å². The van der Waals surface area contributed by atoms with E-state index in [1.807, 2.05) is 0 Å². The average molecular weight is 264 g/mol. The van der Waals surface area contributed by atoms with Gasteiger partial charge < -0.3 is 21.1 Å². The minimum atomic E-state index is -1.09. The summed E-state index contributed by atoms with van der Waals surface area (Å²) in [6.45, 7) is 0. The number of rotatable bonds is 4. The largest absolute Gasteiger partial charge is 0.504 e. The predicted octanol–water partition coefficient (Wildman–Crippen LogP) is 1.75. The van der Waals surface area contributed by atoms with Crippen molar-refractivity contribution in [3.8, 4) is 11.5 Å². The van der Waals surface area contributed by atoms with Crippen LogP contribution in [0.3, 0.4) is 0 Å². The van der Waals surface area contributed by atoms with Crippen LogP contribution >= 0.6 is 11.6 Å². The van der Waals surface area contributed by atoms with E-state index in [-0.39, 0.29) is 23.4 Å². The summed E-state index contributed by atoms with van der Waals surface area (Å²) in [5.74, 6) is -3.37. The Hall–Kier alpha value is -1.53. The van der Waals surface area contributed by atoms with Crippen molar-refractivity contribution in [2.45, 2.75) is 18.9 Å². The fraction of sp³-hybridized carbons (Fsp3) is 0.300. The van der Waals surface area contributed by atoms with E-state index >= 15 is 0 Å². The third-order valence-corrected chi connectivity index (χ3v) is 2.52. The van der Waals surface area contributed by atoms with Crippen LogP contribution in [0.4, 0.5) is 4.39 Å². The minimum Gasteiger partial charge on any atom is -0.504 e. The molecule has 1 aromatic rings. The number of carbonyl (C=O) groups is 1. The molecule has 5 nitrogen and oxygen atoms in total. The van der Waals surface area contributed by atoms with Crippen LogP contribution in [0.1, 0.15) is 24.4 Å². The van der Waals surface area contributed by atoms with Crippen molar-refractivity contribution in [1.29, 1.82) is 0 Å². The summed E-state index contributed by atoms with van der Waals surface area (Å²) in [5.41, 5.74) is 5.17. The van der Waals surface area contributed by atoms with Gasteiger partial charge in [0.05, 0.1) is 10.6 Å². The zero-order valence-electron chi connectivity index (χ0n) is 8.65. The molecule has 0 heterocycles. The second kappa shape index (κ2) is 5.20. The maximum Gasteiger partial charge on any atom is 0.303 e. The number of phenolic OH excluding ortho intramolecular Hbond substituents is 2. The van der Waals surface area contributed by atoms with Crippen LogP contribution in [0.2, 0.25) is 5.02 Å². The van der Waals surface area contributed by atoms with Gasteiger partial charge in [-0.3, -0.25) is 4.79 Å². The highest BCUT2D eigenvalue weighted by atomic mass is 35.5. The molecule has 1 aromatic carbocycles. The smallest absolute Gasteiger partial charge is 0.303 e. The number of carboxylic acid groups (broad SMARTS) is 1. The lowest BCUT2D eigenvalue weighted by molar-refractivity contribution is -0.137. The van der Waals surface area contributed by atoms with E-state index in [1.165, 1.54) is 0 Å². The van der Waals surface area contributed by atoms with Crippen LogP contribution in [0, 0.1) is 5.82 Å². The first-order valence-corrected chi connectivity index (χ1v) is 5.09. The van der Waals surface area contributed by atoms with Crippen molar-refractivity contribution in [1.82, 2.24) is 0 Å². The second-order valence-electron chi connectivity index (χ2n) is 3.49. The molecule has 0 radical (unpaired) electrons. The van der Waals surface area contributed by atoms with Crippen LogP contribution in [0.25, 0.3) is 0 Å². The Morgan fingerprint density at radius 2 is 2.12 bits per heavy atom. The van der Waals surface area contributed by atoms with Crippen LogP contribution in [-0.4, -0.2) is 21.3 Å². The van der Waals surface area contributed by atoms with Gasteiger partial charge in [0.2, 0.25) is 0 Å². The first kappa shape index (κ1) is 13.5. The minimum absolute atomic E-state index is 0.0837. The highest BCUT2D eigenvalue weighted by Gasteiger charge is 2.22. The number of halogens is 2. The Bertz CT molecular complexity index is 426. The van der Waals surface area contributed by atoms with E-state index < -0.39 is 29.3 Å². The quantitative estimate of drug-likeness (QED) is 0.620. The molecular weight excluding hydrogens is 253 g/mol. The van der Waals surface area contributed by atoms with Crippen molar-refractivity contribution < 1.29 is 24.5 Å². The zero-order chi connectivity index (χ0) is 13.2. The molecule has 0 saturated carbocycles. The number of benzene rings is 1. The number of phenols is 2. The Balaban J connectivity index is 3.07. The van der Waals surface area contributed by atoms with Crippen molar-refractivity contribution in [2.24, 2.45) is 5.73 Å². The SMILES string of the molecule is NC(CCC(=O)O)c1c(O)c(O)cc(Cl)c1F. The van der Waals surface area contributed by atoms with Gasteiger partial charge in [0.25, 0.3) is 0 Å². The fourth-order valence-corrected chi connectivity index (χ4v) is 1.59. The molecule has 0 amide bonds. The molecule has 17 heavy (non-hydrogen) atoms. The van der Waals surface area contributed by atoms with Gasteiger partial charge in [0.15, 0.2) is 17.3 Å². The third-order valence-electron chi connectivity index (χ3n) is 2.25. The van der Waals surface area contributed by atoms with Gasteiger partial charge in [-0.1, -0.05) is 11.6 Å². The maximum atomic E-state index is 13.6. The van der Waals surface area contributed by atoms with Crippen LogP contribution in [-0.2, 0) is 4.79 Å². The van der Waals surface area contributed by atoms with E-state index in [1.54, 1.807) is 0 Å². The van der Waals surface area contributed by atoms with E-state index in [0.29, 0.717) is 0 Å².